The molecule has 2 N–H and O–H groups in total. The number of halogens is 1. The Morgan fingerprint density at radius 3 is 2.94 bits per heavy atom. The predicted octanol–water partition coefficient (Wildman–Crippen LogP) is 1.82. The van der Waals surface area contributed by atoms with Crippen molar-refractivity contribution >= 4 is 15.9 Å². The van der Waals surface area contributed by atoms with Crippen molar-refractivity contribution in [2.45, 2.75) is 12.5 Å². The van der Waals surface area contributed by atoms with E-state index in [1.54, 1.807) is 11.0 Å². The Bertz CT molecular complexity index is 480. The first-order valence-electron chi connectivity index (χ1n) is 5.00. The number of hydrogen-bond acceptors (Lipinski definition) is 3. The van der Waals surface area contributed by atoms with Gasteiger partial charge in [0.05, 0.1) is 0 Å². The monoisotopic (exact) mass is 280 g/mol. The van der Waals surface area contributed by atoms with Crippen molar-refractivity contribution in [2.24, 2.45) is 12.8 Å². The summed E-state index contributed by atoms with van der Waals surface area (Å²) in [6, 6.07) is 7.96. The highest BCUT2D eigenvalue weighted by molar-refractivity contribution is 9.10. The molecule has 1 heterocycles. The highest BCUT2D eigenvalue weighted by atomic mass is 79.9. The van der Waals surface area contributed by atoms with Gasteiger partial charge >= 0.3 is 0 Å². The summed E-state index contributed by atoms with van der Waals surface area (Å²) < 4.78 is 2.79. The number of rotatable bonds is 3. The van der Waals surface area contributed by atoms with Crippen LogP contribution in [0.1, 0.15) is 17.4 Å². The molecule has 0 aliphatic rings. The predicted molar refractivity (Wildman–Crippen MR) is 65.8 cm³/mol. The molecule has 0 amide bonds. The lowest BCUT2D eigenvalue weighted by Gasteiger charge is -2.11. The zero-order chi connectivity index (χ0) is 11.5. The lowest BCUT2D eigenvalue weighted by molar-refractivity contribution is 0.629. The zero-order valence-corrected chi connectivity index (χ0v) is 10.6. The molecule has 1 unspecified atom stereocenters. The Labute approximate surface area is 103 Å². The van der Waals surface area contributed by atoms with Crippen LogP contribution >= 0.6 is 15.9 Å². The average Bonchev–Trinajstić information content (AvgIpc) is 2.64. The number of aromatic nitrogens is 3. The molecule has 1 aromatic carbocycles. The number of hydrogen-bond donors (Lipinski definition) is 1. The first-order valence-corrected chi connectivity index (χ1v) is 5.80. The Morgan fingerprint density at radius 1 is 1.50 bits per heavy atom. The summed E-state index contributed by atoms with van der Waals surface area (Å²) in [5, 5.41) is 4.02. The van der Waals surface area contributed by atoms with Crippen LogP contribution in [0, 0.1) is 0 Å². The highest BCUT2D eigenvalue weighted by Crippen LogP contribution is 2.18. The van der Waals surface area contributed by atoms with Crippen LogP contribution in [0.2, 0.25) is 0 Å². The summed E-state index contributed by atoms with van der Waals surface area (Å²) in [7, 11) is 1.87. The van der Waals surface area contributed by atoms with Crippen molar-refractivity contribution in [3.8, 4) is 0 Å². The summed E-state index contributed by atoms with van der Waals surface area (Å²) >= 11 is 3.43. The molecule has 84 valence electrons. The molecular formula is C11H13BrN4. The van der Waals surface area contributed by atoms with E-state index in [4.69, 9.17) is 5.73 Å². The molecule has 4 nitrogen and oxygen atoms in total. The fourth-order valence-electron chi connectivity index (χ4n) is 1.56. The molecule has 0 spiro atoms. The maximum atomic E-state index is 6.12. The van der Waals surface area contributed by atoms with Gasteiger partial charge in [-0.2, -0.15) is 5.10 Å². The lowest BCUT2D eigenvalue weighted by Crippen LogP contribution is -2.16. The summed E-state index contributed by atoms with van der Waals surface area (Å²) in [6.07, 6.45) is 2.23. The van der Waals surface area contributed by atoms with Gasteiger partial charge in [0, 0.05) is 24.0 Å². The van der Waals surface area contributed by atoms with Crippen LogP contribution in [0.5, 0.6) is 0 Å². The SMILES string of the molecule is Cn1ncnc1CC(N)c1cccc(Br)c1. The third kappa shape index (κ3) is 2.48. The molecule has 0 saturated heterocycles. The standard InChI is InChI=1S/C11H13BrN4/c1-16-11(14-7-15-16)6-10(13)8-3-2-4-9(12)5-8/h2-5,7,10H,6,13H2,1H3. The third-order valence-corrected chi connectivity index (χ3v) is 2.98. The molecule has 0 saturated carbocycles. The van der Waals surface area contributed by atoms with E-state index in [9.17, 15) is 0 Å². The summed E-state index contributed by atoms with van der Waals surface area (Å²) in [6.45, 7) is 0. The first-order chi connectivity index (χ1) is 7.66. The van der Waals surface area contributed by atoms with E-state index in [1.165, 1.54) is 0 Å². The molecule has 2 rings (SSSR count). The van der Waals surface area contributed by atoms with Crippen LogP contribution in [0.4, 0.5) is 0 Å². The topological polar surface area (TPSA) is 56.7 Å². The molecule has 0 radical (unpaired) electrons. The third-order valence-electron chi connectivity index (χ3n) is 2.48. The van der Waals surface area contributed by atoms with E-state index in [-0.39, 0.29) is 6.04 Å². The van der Waals surface area contributed by atoms with E-state index in [0.29, 0.717) is 6.42 Å². The molecule has 0 aliphatic heterocycles. The van der Waals surface area contributed by atoms with Gasteiger partial charge in [-0.3, -0.25) is 4.68 Å². The second-order valence-electron chi connectivity index (χ2n) is 3.67. The minimum absolute atomic E-state index is 0.0552. The molecule has 0 bridgehead atoms. The van der Waals surface area contributed by atoms with Gasteiger partial charge in [-0.1, -0.05) is 28.1 Å². The molecule has 5 heteroatoms. The van der Waals surface area contributed by atoms with Crippen LogP contribution in [0.15, 0.2) is 35.1 Å². The Hall–Kier alpha value is -1.20. The second-order valence-corrected chi connectivity index (χ2v) is 4.58. The van der Waals surface area contributed by atoms with E-state index in [1.807, 2.05) is 31.3 Å². The fourth-order valence-corrected chi connectivity index (χ4v) is 1.97. The van der Waals surface area contributed by atoms with Gasteiger partial charge in [-0.05, 0) is 17.7 Å². The summed E-state index contributed by atoms with van der Waals surface area (Å²) in [4.78, 5) is 4.16. The van der Waals surface area contributed by atoms with Crippen LogP contribution in [-0.4, -0.2) is 14.8 Å². The Morgan fingerprint density at radius 2 is 2.31 bits per heavy atom. The van der Waals surface area contributed by atoms with Gasteiger partial charge in [-0.25, -0.2) is 4.98 Å². The quantitative estimate of drug-likeness (QED) is 0.933. The van der Waals surface area contributed by atoms with Crippen LogP contribution in [-0.2, 0) is 13.5 Å². The molecule has 1 aromatic heterocycles. The number of nitrogens with zero attached hydrogens (tertiary/aromatic N) is 3. The zero-order valence-electron chi connectivity index (χ0n) is 8.97. The fraction of sp³-hybridized carbons (Fsp3) is 0.273. The van der Waals surface area contributed by atoms with Gasteiger partial charge in [0.15, 0.2) is 0 Å². The molecule has 0 aliphatic carbocycles. The molecule has 1 atom stereocenters. The van der Waals surface area contributed by atoms with Gasteiger partial charge < -0.3 is 5.73 Å². The Kier molecular flexibility index (Phi) is 3.36. The van der Waals surface area contributed by atoms with Gasteiger partial charge in [0.25, 0.3) is 0 Å². The van der Waals surface area contributed by atoms with Gasteiger partial charge in [0.1, 0.15) is 12.2 Å². The van der Waals surface area contributed by atoms with Crippen molar-refractivity contribution in [3.63, 3.8) is 0 Å². The van der Waals surface area contributed by atoms with E-state index in [0.717, 1.165) is 15.9 Å². The highest BCUT2D eigenvalue weighted by Gasteiger charge is 2.10. The van der Waals surface area contributed by atoms with Gasteiger partial charge in [0.2, 0.25) is 0 Å². The Balaban J connectivity index is 2.14. The van der Waals surface area contributed by atoms with Gasteiger partial charge in [-0.15, -0.1) is 0 Å². The smallest absolute Gasteiger partial charge is 0.138 e. The maximum absolute atomic E-state index is 6.12. The van der Waals surface area contributed by atoms with E-state index >= 15 is 0 Å². The summed E-state index contributed by atoms with van der Waals surface area (Å²) in [5.41, 5.74) is 7.22. The molecular weight excluding hydrogens is 268 g/mol. The van der Waals surface area contributed by atoms with Crippen LogP contribution in [0.25, 0.3) is 0 Å². The summed E-state index contributed by atoms with van der Waals surface area (Å²) in [5.74, 6) is 0.896. The van der Waals surface area contributed by atoms with Crippen molar-refractivity contribution in [2.75, 3.05) is 0 Å². The number of benzene rings is 1. The van der Waals surface area contributed by atoms with Crippen LogP contribution < -0.4 is 5.73 Å². The molecule has 0 fully saturated rings. The molecule has 2 aromatic rings. The van der Waals surface area contributed by atoms with Crippen molar-refractivity contribution in [1.29, 1.82) is 0 Å². The minimum atomic E-state index is -0.0552. The van der Waals surface area contributed by atoms with E-state index < -0.39 is 0 Å². The van der Waals surface area contributed by atoms with Crippen molar-refractivity contribution in [1.82, 2.24) is 14.8 Å². The van der Waals surface area contributed by atoms with E-state index in [2.05, 4.69) is 26.0 Å². The minimum Gasteiger partial charge on any atom is -0.324 e. The first kappa shape index (κ1) is 11.3. The largest absolute Gasteiger partial charge is 0.324 e. The number of nitrogens with two attached hydrogens (primary N) is 1. The van der Waals surface area contributed by atoms with Crippen molar-refractivity contribution < 1.29 is 0 Å². The second kappa shape index (κ2) is 4.76. The van der Waals surface area contributed by atoms with Crippen LogP contribution in [0.3, 0.4) is 0 Å². The normalized spacial score (nSPS) is 12.7. The van der Waals surface area contributed by atoms with Crippen molar-refractivity contribution in [3.05, 3.63) is 46.5 Å². The number of aryl methyl sites for hydroxylation is 1. The average molecular weight is 281 g/mol. The maximum Gasteiger partial charge on any atom is 0.138 e. The molecule has 16 heavy (non-hydrogen) atoms. The lowest BCUT2D eigenvalue weighted by atomic mass is 10.0.